The van der Waals surface area contributed by atoms with Crippen LogP contribution in [0.5, 0.6) is 0 Å². The second-order valence-corrected chi connectivity index (χ2v) is 13.5. The number of H-pyrrole nitrogens is 1. The Hall–Kier alpha value is -7.30. The predicted octanol–water partition coefficient (Wildman–Crippen LogP) is 13.4. The van der Waals surface area contributed by atoms with E-state index in [4.69, 9.17) is 9.97 Å². The van der Waals surface area contributed by atoms with E-state index < -0.39 is 0 Å². The molecule has 10 aromatic rings. The summed E-state index contributed by atoms with van der Waals surface area (Å²) in [5.41, 5.74) is 15.8. The highest BCUT2D eigenvalue weighted by molar-refractivity contribution is 6.10. The molecule has 2 aromatic heterocycles. The Morgan fingerprint density at radius 3 is 1.43 bits per heavy atom. The number of hydrogen-bond acceptors (Lipinski definition) is 3. The number of aromatic nitrogens is 3. The van der Waals surface area contributed by atoms with Crippen LogP contribution in [0, 0.1) is 0 Å². The smallest absolute Gasteiger partial charge is 0.0973 e. The van der Waals surface area contributed by atoms with Crippen molar-refractivity contribution in [3.8, 4) is 44.8 Å². The van der Waals surface area contributed by atoms with E-state index in [0.717, 1.165) is 61.6 Å². The molecule has 4 heteroatoms. The van der Waals surface area contributed by atoms with Gasteiger partial charge in [-0.25, -0.2) is 9.97 Å². The summed E-state index contributed by atoms with van der Waals surface area (Å²) in [7, 11) is 0. The molecule has 1 N–H and O–H groups in total. The molecule has 0 saturated carbocycles. The minimum absolute atomic E-state index is 0.863. The Kier molecular flexibility index (Phi) is 7.77. The van der Waals surface area contributed by atoms with E-state index in [1.807, 2.05) is 42.5 Å². The van der Waals surface area contributed by atoms with E-state index in [2.05, 4.69) is 168 Å². The van der Waals surface area contributed by atoms with Crippen LogP contribution in [0.15, 0.2) is 200 Å². The van der Waals surface area contributed by atoms with E-state index in [9.17, 15) is 0 Å². The molecule has 0 fully saturated rings. The number of fused-ring (bicyclic) bond motifs is 4. The van der Waals surface area contributed by atoms with Gasteiger partial charge in [-0.15, -0.1) is 0 Å². The van der Waals surface area contributed by atoms with Crippen molar-refractivity contribution in [3.05, 3.63) is 200 Å². The zero-order chi connectivity index (χ0) is 35.8. The van der Waals surface area contributed by atoms with Gasteiger partial charge in [-0.05, 0) is 89.0 Å². The molecule has 0 unspecified atom stereocenters. The van der Waals surface area contributed by atoms with Gasteiger partial charge in [0.2, 0.25) is 0 Å². The Bertz CT molecular complexity index is 2920. The Morgan fingerprint density at radius 1 is 0.333 bits per heavy atom. The zero-order valence-electron chi connectivity index (χ0n) is 29.4. The first-order chi connectivity index (χ1) is 26.8. The molecule has 54 heavy (non-hydrogen) atoms. The van der Waals surface area contributed by atoms with Crippen LogP contribution in [0.3, 0.4) is 0 Å². The highest BCUT2D eigenvalue weighted by Crippen LogP contribution is 2.41. The van der Waals surface area contributed by atoms with Crippen LogP contribution in [0.2, 0.25) is 0 Å². The van der Waals surface area contributed by atoms with Crippen LogP contribution in [0.25, 0.3) is 77.6 Å². The summed E-state index contributed by atoms with van der Waals surface area (Å²) in [6, 6.07) is 70.4. The average Bonchev–Trinajstić information content (AvgIpc) is 3.62. The van der Waals surface area contributed by atoms with Gasteiger partial charge in [0, 0.05) is 50.0 Å². The number of aromatic amines is 1. The van der Waals surface area contributed by atoms with Crippen molar-refractivity contribution in [1.29, 1.82) is 0 Å². The first-order valence-electron chi connectivity index (χ1n) is 18.2. The van der Waals surface area contributed by atoms with Gasteiger partial charge in [0.1, 0.15) is 0 Å². The van der Waals surface area contributed by atoms with Gasteiger partial charge in [-0.3, -0.25) is 0 Å². The Labute approximate surface area is 313 Å². The standard InChI is InChI=1S/C50H34N4/c1-4-14-34(15-5-1)41-20-10-11-21-42(41)37-26-30-45-43(32-37)44-33-40(29-31-46(44)51-45)54(38-18-8-3-9-19-38)39-27-24-36(25-28-39)50-49(35-16-6-2-7-17-35)52-47-22-12-13-23-48(47)53-50/h1-33,51H. The average molecular weight is 691 g/mol. The topological polar surface area (TPSA) is 44.8 Å². The SMILES string of the molecule is c1ccc(-c2ccccc2-c2ccc3[nH]c4ccc(N(c5ccccc5)c5ccc(-c6nc7ccccc7nc6-c6ccccc6)cc5)cc4c3c2)cc1. The second kappa shape index (κ2) is 13.4. The molecule has 8 aromatic carbocycles. The van der Waals surface area contributed by atoms with E-state index in [1.54, 1.807) is 0 Å². The lowest BCUT2D eigenvalue weighted by atomic mass is 9.94. The Balaban J connectivity index is 1.08. The number of benzene rings is 8. The first-order valence-corrected chi connectivity index (χ1v) is 18.2. The molecule has 2 heterocycles. The number of anilines is 3. The van der Waals surface area contributed by atoms with Crippen molar-refractivity contribution < 1.29 is 0 Å². The van der Waals surface area contributed by atoms with Crippen molar-refractivity contribution in [2.24, 2.45) is 0 Å². The lowest BCUT2D eigenvalue weighted by molar-refractivity contribution is 1.27. The van der Waals surface area contributed by atoms with E-state index in [0.29, 0.717) is 0 Å². The van der Waals surface area contributed by atoms with Crippen molar-refractivity contribution in [2.75, 3.05) is 4.90 Å². The summed E-state index contributed by atoms with van der Waals surface area (Å²) in [6.45, 7) is 0. The van der Waals surface area contributed by atoms with Crippen LogP contribution in [-0.2, 0) is 0 Å². The summed E-state index contributed by atoms with van der Waals surface area (Å²) >= 11 is 0. The van der Waals surface area contributed by atoms with Gasteiger partial charge >= 0.3 is 0 Å². The molecule has 254 valence electrons. The molecule has 0 aliphatic heterocycles. The zero-order valence-corrected chi connectivity index (χ0v) is 29.4. The molecule has 0 atom stereocenters. The van der Waals surface area contributed by atoms with Gasteiger partial charge in [0.05, 0.1) is 22.4 Å². The van der Waals surface area contributed by atoms with E-state index in [-0.39, 0.29) is 0 Å². The summed E-state index contributed by atoms with van der Waals surface area (Å²) in [5.74, 6) is 0. The molecule has 0 spiro atoms. The summed E-state index contributed by atoms with van der Waals surface area (Å²) in [6.07, 6.45) is 0. The third-order valence-electron chi connectivity index (χ3n) is 10.2. The maximum atomic E-state index is 5.14. The molecular weight excluding hydrogens is 657 g/mol. The van der Waals surface area contributed by atoms with Crippen LogP contribution in [0.1, 0.15) is 0 Å². The lowest BCUT2D eigenvalue weighted by Gasteiger charge is -2.26. The summed E-state index contributed by atoms with van der Waals surface area (Å²) < 4.78 is 0. The number of rotatable bonds is 7. The predicted molar refractivity (Wildman–Crippen MR) is 225 cm³/mol. The minimum Gasteiger partial charge on any atom is -0.355 e. The molecule has 0 radical (unpaired) electrons. The highest BCUT2D eigenvalue weighted by atomic mass is 15.1. The van der Waals surface area contributed by atoms with Crippen molar-refractivity contribution in [3.63, 3.8) is 0 Å². The first kappa shape index (κ1) is 31.4. The molecule has 10 rings (SSSR count). The van der Waals surface area contributed by atoms with E-state index in [1.165, 1.54) is 33.0 Å². The summed E-state index contributed by atoms with van der Waals surface area (Å²) in [5, 5.41) is 2.37. The molecular formula is C50H34N4. The van der Waals surface area contributed by atoms with Gasteiger partial charge in [0.25, 0.3) is 0 Å². The van der Waals surface area contributed by atoms with Crippen LogP contribution in [-0.4, -0.2) is 15.0 Å². The van der Waals surface area contributed by atoms with Gasteiger partial charge < -0.3 is 9.88 Å². The molecule has 0 aliphatic rings. The third kappa shape index (κ3) is 5.67. The molecule has 0 saturated heterocycles. The number of para-hydroxylation sites is 3. The van der Waals surface area contributed by atoms with Crippen molar-refractivity contribution in [2.45, 2.75) is 0 Å². The van der Waals surface area contributed by atoms with Gasteiger partial charge in [-0.1, -0.05) is 133 Å². The lowest BCUT2D eigenvalue weighted by Crippen LogP contribution is -2.09. The molecule has 4 nitrogen and oxygen atoms in total. The fourth-order valence-corrected chi connectivity index (χ4v) is 7.59. The third-order valence-corrected chi connectivity index (χ3v) is 10.2. The van der Waals surface area contributed by atoms with Crippen molar-refractivity contribution >= 4 is 49.9 Å². The summed E-state index contributed by atoms with van der Waals surface area (Å²) in [4.78, 5) is 16.2. The normalized spacial score (nSPS) is 11.3. The fraction of sp³-hybridized carbons (Fsp3) is 0. The maximum Gasteiger partial charge on any atom is 0.0973 e. The number of hydrogen-bond donors (Lipinski definition) is 1. The van der Waals surface area contributed by atoms with Crippen LogP contribution < -0.4 is 4.90 Å². The number of nitrogens with zero attached hydrogens (tertiary/aromatic N) is 3. The highest BCUT2D eigenvalue weighted by Gasteiger charge is 2.18. The van der Waals surface area contributed by atoms with Crippen molar-refractivity contribution in [1.82, 2.24) is 15.0 Å². The second-order valence-electron chi connectivity index (χ2n) is 13.5. The Morgan fingerprint density at radius 2 is 0.778 bits per heavy atom. The largest absolute Gasteiger partial charge is 0.355 e. The molecule has 0 bridgehead atoms. The van der Waals surface area contributed by atoms with Crippen LogP contribution in [0.4, 0.5) is 17.1 Å². The number of nitrogens with one attached hydrogen (secondary N) is 1. The minimum atomic E-state index is 0.863. The maximum absolute atomic E-state index is 5.14. The molecule has 0 aliphatic carbocycles. The molecule has 0 amide bonds. The van der Waals surface area contributed by atoms with Gasteiger partial charge in [0.15, 0.2) is 0 Å². The fourth-order valence-electron chi connectivity index (χ4n) is 7.59. The van der Waals surface area contributed by atoms with Crippen LogP contribution >= 0.6 is 0 Å². The quantitative estimate of drug-likeness (QED) is 0.181. The monoisotopic (exact) mass is 690 g/mol. The van der Waals surface area contributed by atoms with E-state index >= 15 is 0 Å². The van der Waals surface area contributed by atoms with Gasteiger partial charge in [-0.2, -0.15) is 0 Å².